The van der Waals surface area contributed by atoms with E-state index in [1.807, 2.05) is 38.1 Å². The number of carbonyl (C=O) groups is 1. The van der Waals surface area contributed by atoms with E-state index in [-0.39, 0.29) is 5.78 Å². The van der Waals surface area contributed by atoms with Crippen LogP contribution < -0.4 is 5.32 Å². The molecular weight excluding hydrogens is 278 g/mol. The zero-order valence-electron chi connectivity index (χ0n) is 12.4. The lowest BCUT2D eigenvalue weighted by atomic mass is 10.1. The Morgan fingerprint density at radius 2 is 1.62 bits per heavy atom. The molecule has 2 aromatic rings. The lowest BCUT2D eigenvalue weighted by molar-refractivity contribution is 0.104. The minimum absolute atomic E-state index is 0.0807. The number of rotatable bonds is 2. The summed E-state index contributed by atoms with van der Waals surface area (Å²) in [5, 5.41) is 3.34. The Morgan fingerprint density at radius 3 is 2.33 bits per heavy atom. The lowest BCUT2D eigenvalue weighted by Crippen LogP contribution is -2.12. The number of allylic oxidation sites excluding steroid dienone is 2. The quantitative estimate of drug-likeness (QED) is 0.796. The standard InChI is InChI=1S/C18H17NOS/c1-11-4-7-14(8-5-11)17(20)18-13(3)19-15-9-6-12(2)10-16(15)21-18/h4-10,19H,1-3H3. The first-order valence-electron chi connectivity index (χ1n) is 6.92. The maximum absolute atomic E-state index is 12.7. The zero-order valence-corrected chi connectivity index (χ0v) is 13.2. The van der Waals surface area contributed by atoms with E-state index in [1.54, 1.807) is 11.8 Å². The van der Waals surface area contributed by atoms with Gasteiger partial charge in [0.1, 0.15) is 0 Å². The number of aryl methyl sites for hydroxylation is 2. The molecule has 0 atom stereocenters. The van der Waals surface area contributed by atoms with Crippen molar-refractivity contribution in [3.63, 3.8) is 0 Å². The summed E-state index contributed by atoms with van der Waals surface area (Å²) in [6, 6.07) is 14.0. The molecule has 0 aliphatic carbocycles. The molecule has 2 aromatic carbocycles. The molecule has 0 saturated heterocycles. The number of ketones is 1. The van der Waals surface area contributed by atoms with Crippen molar-refractivity contribution in [1.29, 1.82) is 0 Å². The average Bonchev–Trinajstić information content (AvgIpc) is 2.47. The maximum Gasteiger partial charge on any atom is 0.201 e. The highest BCUT2D eigenvalue weighted by Gasteiger charge is 2.22. The normalized spacial score (nSPS) is 13.7. The van der Waals surface area contributed by atoms with Crippen molar-refractivity contribution in [3.8, 4) is 0 Å². The van der Waals surface area contributed by atoms with E-state index in [0.29, 0.717) is 0 Å². The molecule has 0 amide bonds. The third-order valence-electron chi connectivity index (χ3n) is 3.53. The van der Waals surface area contributed by atoms with E-state index in [4.69, 9.17) is 0 Å². The van der Waals surface area contributed by atoms with Gasteiger partial charge in [-0.05, 0) is 38.5 Å². The fourth-order valence-electron chi connectivity index (χ4n) is 2.32. The zero-order chi connectivity index (χ0) is 15.0. The second-order valence-corrected chi connectivity index (χ2v) is 6.43. The topological polar surface area (TPSA) is 29.1 Å². The van der Waals surface area contributed by atoms with Crippen LogP contribution in [0.4, 0.5) is 5.69 Å². The summed E-state index contributed by atoms with van der Waals surface area (Å²) >= 11 is 1.55. The van der Waals surface area contributed by atoms with Gasteiger partial charge in [0.15, 0.2) is 0 Å². The Labute approximate surface area is 129 Å². The molecule has 0 unspecified atom stereocenters. The molecule has 0 aromatic heterocycles. The SMILES string of the molecule is CC1=C(C(=O)c2ccc(C)cc2)Sc2cc(C)ccc2N1. The van der Waals surface area contributed by atoms with Crippen molar-refractivity contribution in [3.05, 3.63) is 69.8 Å². The Hall–Kier alpha value is -2.00. The van der Waals surface area contributed by atoms with Gasteiger partial charge >= 0.3 is 0 Å². The van der Waals surface area contributed by atoms with Gasteiger partial charge in [0.2, 0.25) is 5.78 Å². The highest BCUT2D eigenvalue weighted by Crippen LogP contribution is 2.41. The predicted molar refractivity (Wildman–Crippen MR) is 88.9 cm³/mol. The van der Waals surface area contributed by atoms with Crippen molar-refractivity contribution in [2.24, 2.45) is 0 Å². The third-order valence-corrected chi connectivity index (χ3v) is 4.79. The number of fused-ring (bicyclic) bond motifs is 1. The summed E-state index contributed by atoms with van der Waals surface area (Å²) in [7, 11) is 0. The first kappa shape index (κ1) is 14.0. The summed E-state index contributed by atoms with van der Waals surface area (Å²) in [4.78, 5) is 14.6. The summed E-state index contributed by atoms with van der Waals surface area (Å²) in [5.74, 6) is 0.0807. The van der Waals surface area contributed by atoms with E-state index >= 15 is 0 Å². The average molecular weight is 295 g/mol. The summed E-state index contributed by atoms with van der Waals surface area (Å²) in [5.41, 5.74) is 5.09. The van der Waals surface area contributed by atoms with Crippen LogP contribution >= 0.6 is 11.8 Å². The predicted octanol–water partition coefficient (Wildman–Crippen LogP) is 4.94. The molecule has 0 bridgehead atoms. The summed E-state index contributed by atoms with van der Waals surface area (Å²) < 4.78 is 0. The molecule has 1 N–H and O–H groups in total. The number of hydrogen-bond donors (Lipinski definition) is 1. The van der Waals surface area contributed by atoms with Gasteiger partial charge in [0.05, 0.1) is 10.6 Å². The minimum Gasteiger partial charge on any atom is -0.357 e. The molecule has 0 radical (unpaired) electrons. The molecule has 21 heavy (non-hydrogen) atoms. The van der Waals surface area contributed by atoms with Crippen LogP contribution in [0.5, 0.6) is 0 Å². The molecule has 3 rings (SSSR count). The number of benzene rings is 2. The number of Topliss-reactive ketones (excluding diaryl/α,β-unsaturated/α-hetero) is 1. The molecule has 2 nitrogen and oxygen atoms in total. The number of carbonyl (C=O) groups excluding carboxylic acids is 1. The highest BCUT2D eigenvalue weighted by atomic mass is 32.2. The summed E-state index contributed by atoms with van der Waals surface area (Å²) in [6.45, 7) is 6.04. The largest absolute Gasteiger partial charge is 0.357 e. The van der Waals surface area contributed by atoms with E-state index in [0.717, 1.165) is 32.3 Å². The van der Waals surface area contributed by atoms with Crippen molar-refractivity contribution in [2.75, 3.05) is 5.32 Å². The van der Waals surface area contributed by atoms with Gasteiger partial charge in [-0.1, -0.05) is 47.7 Å². The molecule has 1 aliphatic heterocycles. The van der Waals surface area contributed by atoms with Crippen LogP contribution in [0.25, 0.3) is 0 Å². The Balaban J connectivity index is 1.95. The second-order valence-electron chi connectivity index (χ2n) is 5.38. The number of anilines is 1. The fourth-order valence-corrected chi connectivity index (χ4v) is 3.42. The van der Waals surface area contributed by atoms with Crippen LogP contribution in [0.1, 0.15) is 28.4 Å². The number of nitrogens with one attached hydrogen (secondary N) is 1. The van der Waals surface area contributed by atoms with E-state index in [2.05, 4.69) is 30.4 Å². The smallest absolute Gasteiger partial charge is 0.201 e. The van der Waals surface area contributed by atoms with Crippen LogP contribution in [0.15, 0.2) is 58.0 Å². The van der Waals surface area contributed by atoms with Gasteiger partial charge < -0.3 is 5.32 Å². The number of thioether (sulfide) groups is 1. The van der Waals surface area contributed by atoms with Crippen LogP contribution in [0.2, 0.25) is 0 Å². The molecule has 0 saturated carbocycles. The van der Waals surface area contributed by atoms with E-state index in [9.17, 15) is 4.79 Å². The molecular formula is C18H17NOS. The van der Waals surface area contributed by atoms with Gasteiger partial charge in [-0.15, -0.1) is 0 Å². The van der Waals surface area contributed by atoms with Gasteiger partial charge in [0, 0.05) is 16.2 Å². The van der Waals surface area contributed by atoms with Crippen molar-refractivity contribution < 1.29 is 4.79 Å². The Morgan fingerprint density at radius 1 is 0.952 bits per heavy atom. The molecule has 1 aliphatic rings. The fraction of sp³-hybridized carbons (Fsp3) is 0.167. The molecule has 0 fully saturated rings. The van der Waals surface area contributed by atoms with Crippen molar-refractivity contribution in [2.45, 2.75) is 25.7 Å². The second kappa shape index (κ2) is 5.41. The lowest BCUT2D eigenvalue weighted by Gasteiger charge is -2.22. The van der Waals surface area contributed by atoms with Crippen LogP contribution in [-0.2, 0) is 0 Å². The maximum atomic E-state index is 12.7. The van der Waals surface area contributed by atoms with E-state index < -0.39 is 0 Å². The first-order valence-corrected chi connectivity index (χ1v) is 7.74. The molecule has 1 heterocycles. The van der Waals surface area contributed by atoms with Gasteiger partial charge in [-0.3, -0.25) is 4.79 Å². The van der Waals surface area contributed by atoms with Gasteiger partial charge in [-0.2, -0.15) is 0 Å². The summed E-state index contributed by atoms with van der Waals surface area (Å²) in [6.07, 6.45) is 0. The van der Waals surface area contributed by atoms with Gasteiger partial charge in [-0.25, -0.2) is 0 Å². The Bertz CT molecular complexity index is 744. The van der Waals surface area contributed by atoms with Crippen LogP contribution in [-0.4, -0.2) is 5.78 Å². The molecule has 106 valence electrons. The Kier molecular flexibility index (Phi) is 3.60. The van der Waals surface area contributed by atoms with Crippen molar-refractivity contribution >= 4 is 23.2 Å². The van der Waals surface area contributed by atoms with Crippen LogP contribution in [0.3, 0.4) is 0 Å². The van der Waals surface area contributed by atoms with Crippen molar-refractivity contribution in [1.82, 2.24) is 0 Å². The first-order chi connectivity index (χ1) is 10.0. The molecule has 0 spiro atoms. The van der Waals surface area contributed by atoms with Gasteiger partial charge in [0.25, 0.3) is 0 Å². The monoisotopic (exact) mass is 295 g/mol. The highest BCUT2D eigenvalue weighted by molar-refractivity contribution is 8.04. The van der Waals surface area contributed by atoms with E-state index in [1.165, 1.54) is 5.56 Å². The van der Waals surface area contributed by atoms with Crippen LogP contribution in [0, 0.1) is 13.8 Å². The third kappa shape index (κ3) is 2.74. The minimum atomic E-state index is 0.0807. The number of hydrogen-bond acceptors (Lipinski definition) is 3. The molecule has 3 heteroatoms.